The highest BCUT2D eigenvalue weighted by Gasteiger charge is 2.42. The van der Waals surface area contributed by atoms with Gasteiger partial charge >= 0.3 is 0 Å². The summed E-state index contributed by atoms with van der Waals surface area (Å²) in [5.74, 6) is 0. The van der Waals surface area contributed by atoms with E-state index < -0.39 is 0 Å². The van der Waals surface area contributed by atoms with Gasteiger partial charge in [0.1, 0.15) is 0 Å². The third kappa shape index (κ3) is 4.81. The molecule has 2 unspecified atom stereocenters. The molecule has 6 rings (SSSR count). The molecular weight excluding hydrogens is 502 g/mol. The van der Waals surface area contributed by atoms with Crippen molar-refractivity contribution in [2.45, 2.75) is 39.3 Å². The lowest BCUT2D eigenvalue weighted by molar-refractivity contribution is 0.122. The fourth-order valence-corrected chi connectivity index (χ4v) is 6.31. The standard InChI is InChI=1S/C32H35N5OS/c1-4-24-8-10-26(11-9-24)36-22(2)21-28(23(36)3)31-30(29-7-5-6-16-33-29)34-32(39)37(31)27-14-12-25(13-15-27)35-17-19-38-20-18-35/h5-16,21,30-31H,4,17-20H2,1-3H3,(H,34,39). The van der Waals surface area contributed by atoms with Gasteiger partial charge in [0.15, 0.2) is 5.11 Å². The molecule has 2 aromatic heterocycles. The molecule has 2 atom stereocenters. The summed E-state index contributed by atoms with van der Waals surface area (Å²) in [6, 6.07) is 25.9. The second-order valence-corrected chi connectivity index (χ2v) is 10.7. The van der Waals surface area contributed by atoms with Crippen LogP contribution >= 0.6 is 12.2 Å². The lowest BCUT2D eigenvalue weighted by Crippen LogP contribution is -2.36. The minimum absolute atomic E-state index is 0.0449. The number of aryl methyl sites for hydroxylation is 2. The van der Waals surface area contributed by atoms with Crippen LogP contribution in [0.5, 0.6) is 0 Å². The van der Waals surface area contributed by atoms with Crippen molar-refractivity contribution in [3.63, 3.8) is 0 Å². The molecule has 200 valence electrons. The Balaban J connectivity index is 1.42. The van der Waals surface area contributed by atoms with Crippen molar-refractivity contribution < 1.29 is 4.74 Å². The zero-order chi connectivity index (χ0) is 26.9. The van der Waals surface area contributed by atoms with E-state index in [-0.39, 0.29) is 12.1 Å². The molecule has 0 saturated carbocycles. The maximum atomic E-state index is 5.99. The molecule has 1 N–H and O–H groups in total. The molecule has 0 amide bonds. The van der Waals surface area contributed by atoms with Crippen LogP contribution in [0.4, 0.5) is 11.4 Å². The molecule has 0 spiro atoms. The SMILES string of the molecule is CCc1ccc(-n2c(C)cc(C3C(c4ccccn4)NC(=S)N3c3ccc(N4CCOCC4)cc3)c2C)cc1. The lowest BCUT2D eigenvalue weighted by Gasteiger charge is -2.31. The first-order chi connectivity index (χ1) is 19.0. The molecule has 2 saturated heterocycles. The third-order valence-electron chi connectivity index (χ3n) is 7.99. The first kappa shape index (κ1) is 25.6. The van der Waals surface area contributed by atoms with E-state index >= 15 is 0 Å². The quantitative estimate of drug-likeness (QED) is 0.302. The van der Waals surface area contributed by atoms with Crippen LogP contribution in [-0.2, 0) is 11.2 Å². The number of benzene rings is 2. The number of pyridine rings is 1. The van der Waals surface area contributed by atoms with Gasteiger partial charge in [0.05, 0.1) is 31.0 Å². The van der Waals surface area contributed by atoms with E-state index in [4.69, 9.17) is 21.9 Å². The molecule has 2 aliphatic heterocycles. The van der Waals surface area contributed by atoms with Gasteiger partial charge in [-0.1, -0.05) is 25.1 Å². The second-order valence-electron chi connectivity index (χ2n) is 10.3. The topological polar surface area (TPSA) is 45.6 Å². The molecule has 2 fully saturated rings. The minimum atomic E-state index is -0.0750. The average Bonchev–Trinajstić information content (AvgIpc) is 3.48. The summed E-state index contributed by atoms with van der Waals surface area (Å²) in [7, 11) is 0. The van der Waals surface area contributed by atoms with E-state index in [1.807, 2.05) is 18.3 Å². The Hall–Kier alpha value is -3.68. The molecule has 39 heavy (non-hydrogen) atoms. The Morgan fingerprint density at radius 2 is 1.62 bits per heavy atom. The van der Waals surface area contributed by atoms with E-state index in [0.717, 1.165) is 44.1 Å². The zero-order valence-electron chi connectivity index (χ0n) is 22.8. The molecule has 7 heteroatoms. The summed E-state index contributed by atoms with van der Waals surface area (Å²) in [5, 5.41) is 4.33. The van der Waals surface area contributed by atoms with E-state index in [1.54, 1.807) is 0 Å². The molecule has 0 aliphatic carbocycles. The summed E-state index contributed by atoms with van der Waals surface area (Å²) in [4.78, 5) is 9.38. The summed E-state index contributed by atoms with van der Waals surface area (Å²) >= 11 is 5.99. The monoisotopic (exact) mass is 537 g/mol. The van der Waals surface area contributed by atoms with Gasteiger partial charge in [0.25, 0.3) is 0 Å². The first-order valence-corrected chi connectivity index (χ1v) is 14.2. The van der Waals surface area contributed by atoms with Crippen molar-refractivity contribution in [1.82, 2.24) is 14.9 Å². The summed E-state index contributed by atoms with van der Waals surface area (Å²) in [6.07, 6.45) is 2.89. The molecule has 0 radical (unpaired) electrons. The maximum Gasteiger partial charge on any atom is 0.174 e. The zero-order valence-corrected chi connectivity index (χ0v) is 23.6. The summed E-state index contributed by atoms with van der Waals surface area (Å²) < 4.78 is 7.89. The number of nitrogens with zero attached hydrogens (tertiary/aromatic N) is 4. The number of nitrogens with one attached hydrogen (secondary N) is 1. The number of hydrogen-bond donors (Lipinski definition) is 1. The van der Waals surface area contributed by atoms with Crippen molar-refractivity contribution >= 4 is 28.7 Å². The van der Waals surface area contributed by atoms with Crippen LogP contribution < -0.4 is 15.1 Å². The minimum Gasteiger partial charge on any atom is -0.378 e. The maximum absolute atomic E-state index is 5.99. The smallest absolute Gasteiger partial charge is 0.174 e. The number of morpholine rings is 1. The Labute approximate surface area is 236 Å². The van der Waals surface area contributed by atoms with Crippen molar-refractivity contribution in [3.05, 3.63) is 107 Å². The largest absolute Gasteiger partial charge is 0.378 e. The van der Waals surface area contributed by atoms with Crippen LogP contribution in [0.25, 0.3) is 5.69 Å². The van der Waals surface area contributed by atoms with Crippen LogP contribution in [0.3, 0.4) is 0 Å². The fraction of sp³-hybridized carbons (Fsp3) is 0.312. The van der Waals surface area contributed by atoms with Gasteiger partial charge in [-0.25, -0.2) is 0 Å². The third-order valence-corrected chi connectivity index (χ3v) is 8.31. The highest BCUT2D eigenvalue weighted by Crippen LogP contribution is 2.44. The van der Waals surface area contributed by atoms with Crippen molar-refractivity contribution in [2.24, 2.45) is 0 Å². The van der Waals surface area contributed by atoms with Crippen LogP contribution in [-0.4, -0.2) is 41.0 Å². The van der Waals surface area contributed by atoms with Gasteiger partial charge in [-0.3, -0.25) is 4.98 Å². The second kappa shape index (κ2) is 10.8. The van der Waals surface area contributed by atoms with Crippen LogP contribution in [0.15, 0.2) is 79.0 Å². The highest BCUT2D eigenvalue weighted by atomic mass is 32.1. The van der Waals surface area contributed by atoms with Crippen molar-refractivity contribution in [1.29, 1.82) is 0 Å². The number of aromatic nitrogens is 2. The van der Waals surface area contributed by atoms with E-state index in [2.05, 4.69) is 101 Å². The molecular formula is C32H35N5OS. The highest BCUT2D eigenvalue weighted by molar-refractivity contribution is 7.80. The number of anilines is 2. The van der Waals surface area contributed by atoms with Crippen LogP contribution in [0, 0.1) is 13.8 Å². The van der Waals surface area contributed by atoms with Gasteiger partial charge in [0, 0.05) is 47.7 Å². The average molecular weight is 538 g/mol. The Bertz CT molecular complexity index is 1440. The first-order valence-electron chi connectivity index (χ1n) is 13.8. The number of hydrogen-bond acceptors (Lipinski definition) is 4. The predicted octanol–water partition coefficient (Wildman–Crippen LogP) is 6.07. The van der Waals surface area contributed by atoms with Gasteiger partial charge in [-0.2, -0.15) is 0 Å². The predicted molar refractivity (Wildman–Crippen MR) is 162 cm³/mol. The number of rotatable bonds is 6. The van der Waals surface area contributed by atoms with Crippen molar-refractivity contribution in [3.8, 4) is 5.69 Å². The molecule has 4 aromatic rings. The summed E-state index contributed by atoms with van der Waals surface area (Å²) in [5.41, 5.74) is 9.45. The van der Waals surface area contributed by atoms with E-state index in [0.29, 0.717) is 5.11 Å². The Kier molecular flexibility index (Phi) is 7.11. The Morgan fingerprint density at radius 1 is 0.923 bits per heavy atom. The Morgan fingerprint density at radius 3 is 2.28 bits per heavy atom. The van der Waals surface area contributed by atoms with Gasteiger partial charge in [0.2, 0.25) is 0 Å². The molecule has 0 bridgehead atoms. The van der Waals surface area contributed by atoms with E-state index in [9.17, 15) is 0 Å². The molecule has 6 nitrogen and oxygen atoms in total. The molecule has 4 heterocycles. The van der Waals surface area contributed by atoms with Gasteiger partial charge < -0.3 is 24.4 Å². The number of ether oxygens (including phenoxy) is 1. The van der Waals surface area contributed by atoms with E-state index in [1.165, 1.54) is 33.9 Å². The van der Waals surface area contributed by atoms with Crippen LogP contribution in [0.2, 0.25) is 0 Å². The summed E-state index contributed by atoms with van der Waals surface area (Å²) in [6.45, 7) is 9.96. The number of thiocarbonyl (C=S) groups is 1. The molecule has 2 aromatic carbocycles. The van der Waals surface area contributed by atoms with Crippen molar-refractivity contribution in [2.75, 3.05) is 36.1 Å². The molecule has 2 aliphatic rings. The van der Waals surface area contributed by atoms with Gasteiger partial charge in [-0.15, -0.1) is 0 Å². The van der Waals surface area contributed by atoms with Crippen LogP contribution in [0.1, 0.15) is 47.2 Å². The normalized spacial score (nSPS) is 19.4. The fourth-order valence-electron chi connectivity index (χ4n) is 5.96. The lowest BCUT2D eigenvalue weighted by atomic mass is 9.96. The van der Waals surface area contributed by atoms with Gasteiger partial charge in [-0.05, 0) is 98.2 Å².